The average molecular weight is 499 g/mol. The fourth-order valence-electron chi connectivity index (χ4n) is 4.58. The largest absolute Gasteiger partial charge is 0.277 e. The molecule has 34 heavy (non-hydrogen) atoms. The summed E-state index contributed by atoms with van der Waals surface area (Å²) >= 11 is 0. The minimum Gasteiger partial charge on any atom is -0.207 e. The van der Waals surface area contributed by atoms with E-state index in [0.29, 0.717) is 6.42 Å². The molecule has 0 bridgehead atoms. The molecule has 0 aliphatic carbocycles. The highest BCUT2D eigenvalue weighted by molar-refractivity contribution is 8.33. The Labute approximate surface area is 208 Å². The van der Waals surface area contributed by atoms with Crippen LogP contribution in [0.5, 0.6) is 0 Å². The molecule has 3 aromatic rings. The highest BCUT2D eigenvalue weighted by Gasteiger charge is 2.39. The van der Waals surface area contributed by atoms with E-state index in [2.05, 4.69) is 39.8 Å². The standard InChI is InChI=1S/C29H38O3S2/c1-5-6-7-8-9-16-21-33(30,31)32-34(27-17-12-10-13-18-27,28-19-14-11-15-20-28)29-25(3)22-24(2)23-26(29)4/h10-15,17-20,22-23H,5-9,16,21H2,1-4H3. The van der Waals surface area contributed by atoms with Crippen LogP contribution in [-0.2, 0) is 13.7 Å². The summed E-state index contributed by atoms with van der Waals surface area (Å²) < 4.78 is 33.6. The normalized spacial score (nSPS) is 12.6. The van der Waals surface area contributed by atoms with Gasteiger partial charge in [0.15, 0.2) is 0 Å². The van der Waals surface area contributed by atoms with Gasteiger partial charge in [0.25, 0.3) is 10.1 Å². The van der Waals surface area contributed by atoms with Crippen molar-refractivity contribution in [3.63, 3.8) is 0 Å². The zero-order valence-corrected chi connectivity index (χ0v) is 22.6. The second-order valence-corrected chi connectivity index (χ2v) is 13.5. The van der Waals surface area contributed by atoms with E-state index in [9.17, 15) is 8.42 Å². The first-order chi connectivity index (χ1) is 16.3. The minimum atomic E-state index is -3.78. The fraction of sp³-hybridized carbons (Fsp3) is 0.379. The molecule has 0 radical (unpaired) electrons. The third-order valence-corrected chi connectivity index (χ3v) is 11.5. The maximum Gasteiger partial charge on any atom is 0.277 e. The number of benzene rings is 3. The van der Waals surface area contributed by atoms with Gasteiger partial charge in [-0.15, -0.1) is 0 Å². The molecular formula is C29H38O3S2. The SMILES string of the molecule is CCCCCCCCS(=O)(=O)OS(c1ccccc1)(c1ccccc1)c1c(C)cc(C)cc1C. The van der Waals surface area contributed by atoms with Gasteiger partial charge in [-0.05, 0) is 72.9 Å². The lowest BCUT2D eigenvalue weighted by atomic mass is 10.1. The van der Waals surface area contributed by atoms with Gasteiger partial charge >= 0.3 is 0 Å². The summed E-state index contributed by atoms with van der Waals surface area (Å²) in [5, 5.41) is 0. The van der Waals surface area contributed by atoms with Crippen molar-refractivity contribution in [2.45, 2.75) is 80.9 Å². The van der Waals surface area contributed by atoms with Crippen LogP contribution in [0.2, 0.25) is 0 Å². The molecule has 3 rings (SSSR count). The van der Waals surface area contributed by atoms with Gasteiger partial charge in [0.05, 0.1) is 5.75 Å². The minimum absolute atomic E-state index is 0.0392. The number of aryl methyl sites for hydroxylation is 3. The highest BCUT2D eigenvalue weighted by atomic mass is 32.3. The van der Waals surface area contributed by atoms with Crippen molar-refractivity contribution < 1.29 is 12.0 Å². The molecular weight excluding hydrogens is 460 g/mol. The van der Waals surface area contributed by atoms with Gasteiger partial charge in [-0.1, -0.05) is 93.1 Å². The van der Waals surface area contributed by atoms with Crippen molar-refractivity contribution in [2.24, 2.45) is 0 Å². The molecule has 0 heterocycles. The van der Waals surface area contributed by atoms with Crippen LogP contribution in [0.3, 0.4) is 0 Å². The monoisotopic (exact) mass is 498 g/mol. The molecule has 0 atom stereocenters. The molecule has 0 amide bonds. The first kappa shape index (κ1) is 26.5. The zero-order chi connectivity index (χ0) is 24.6. The van der Waals surface area contributed by atoms with E-state index in [1.165, 1.54) is 12.8 Å². The summed E-state index contributed by atoms with van der Waals surface area (Å²) in [6.07, 6.45) is 6.12. The molecule has 5 heteroatoms. The van der Waals surface area contributed by atoms with Gasteiger partial charge in [-0.25, -0.2) is 3.63 Å². The van der Waals surface area contributed by atoms with Gasteiger partial charge in [-0.2, -0.15) is 8.42 Å². The third-order valence-electron chi connectivity index (χ3n) is 6.00. The molecule has 0 unspecified atom stereocenters. The third kappa shape index (κ3) is 6.32. The second-order valence-electron chi connectivity index (χ2n) is 9.01. The number of hydrogen-bond donors (Lipinski definition) is 0. The number of rotatable bonds is 12. The average Bonchev–Trinajstić information content (AvgIpc) is 2.81. The Morgan fingerprint density at radius 1 is 0.676 bits per heavy atom. The summed E-state index contributed by atoms with van der Waals surface area (Å²) in [6.45, 7) is 8.38. The molecule has 0 aromatic heterocycles. The van der Waals surface area contributed by atoms with Crippen LogP contribution in [0.4, 0.5) is 0 Å². The van der Waals surface area contributed by atoms with Crippen LogP contribution in [-0.4, -0.2) is 14.2 Å². The Bertz CT molecular complexity index is 1090. The number of unbranched alkanes of at least 4 members (excludes halogenated alkanes) is 5. The molecule has 0 N–H and O–H groups in total. The van der Waals surface area contributed by atoms with Gasteiger partial charge in [0, 0.05) is 14.7 Å². The molecule has 0 spiro atoms. The van der Waals surface area contributed by atoms with Crippen molar-refractivity contribution in [3.8, 4) is 0 Å². The van der Waals surface area contributed by atoms with Crippen molar-refractivity contribution in [1.82, 2.24) is 0 Å². The molecule has 3 nitrogen and oxygen atoms in total. The molecule has 184 valence electrons. The molecule has 0 saturated carbocycles. The maximum absolute atomic E-state index is 13.5. The molecule has 0 aliphatic heterocycles. The second kappa shape index (κ2) is 12.1. The predicted molar refractivity (Wildman–Crippen MR) is 144 cm³/mol. The van der Waals surface area contributed by atoms with Crippen LogP contribution in [0.1, 0.15) is 62.1 Å². The van der Waals surface area contributed by atoms with Crippen LogP contribution < -0.4 is 0 Å². The molecule has 0 aliphatic rings. The molecule has 3 aromatic carbocycles. The van der Waals surface area contributed by atoms with Crippen molar-refractivity contribution >= 4 is 20.4 Å². The Kier molecular flexibility index (Phi) is 9.40. The Morgan fingerprint density at radius 3 is 1.65 bits per heavy atom. The van der Waals surface area contributed by atoms with Crippen LogP contribution in [0, 0.1) is 20.8 Å². The Hall–Kier alpha value is -2.08. The maximum atomic E-state index is 13.5. The van der Waals surface area contributed by atoms with Gasteiger partial charge in [0.1, 0.15) is 0 Å². The summed E-state index contributed by atoms with van der Waals surface area (Å²) in [5.74, 6) is 0.0392. The van der Waals surface area contributed by atoms with E-state index in [0.717, 1.165) is 50.6 Å². The number of hydrogen-bond acceptors (Lipinski definition) is 3. The van der Waals surface area contributed by atoms with E-state index >= 15 is 0 Å². The van der Waals surface area contributed by atoms with E-state index in [-0.39, 0.29) is 5.75 Å². The lowest BCUT2D eigenvalue weighted by Gasteiger charge is -2.41. The van der Waals surface area contributed by atoms with Crippen LogP contribution in [0.25, 0.3) is 0 Å². The molecule has 0 saturated heterocycles. The fourth-order valence-corrected chi connectivity index (χ4v) is 10.4. The predicted octanol–water partition coefficient (Wildman–Crippen LogP) is 8.52. The van der Waals surface area contributed by atoms with Crippen molar-refractivity contribution in [1.29, 1.82) is 0 Å². The van der Waals surface area contributed by atoms with Crippen LogP contribution in [0.15, 0.2) is 87.5 Å². The Morgan fingerprint density at radius 2 is 1.15 bits per heavy atom. The molecule has 0 fully saturated rings. The van der Waals surface area contributed by atoms with Crippen LogP contribution >= 0.6 is 10.3 Å². The van der Waals surface area contributed by atoms with Gasteiger partial charge in [0.2, 0.25) is 0 Å². The lowest BCUT2D eigenvalue weighted by molar-refractivity contribution is 0.502. The van der Waals surface area contributed by atoms with E-state index in [4.69, 9.17) is 3.63 Å². The Balaban J connectivity index is 2.13. The van der Waals surface area contributed by atoms with E-state index in [1.54, 1.807) is 0 Å². The summed E-state index contributed by atoms with van der Waals surface area (Å²) in [7, 11) is -6.29. The lowest BCUT2D eigenvalue weighted by Crippen LogP contribution is -2.18. The zero-order valence-electron chi connectivity index (χ0n) is 20.9. The van der Waals surface area contributed by atoms with Gasteiger partial charge in [-0.3, -0.25) is 0 Å². The van der Waals surface area contributed by atoms with Crippen molar-refractivity contribution in [3.05, 3.63) is 89.5 Å². The summed E-state index contributed by atoms with van der Waals surface area (Å²) in [6, 6.07) is 24.0. The quantitative estimate of drug-likeness (QED) is 0.235. The summed E-state index contributed by atoms with van der Waals surface area (Å²) in [4.78, 5) is 2.76. The topological polar surface area (TPSA) is 43.4 Å². The van der Waals surface area contributed by atoms with Gasteiger partial charge < -0.3 is 0 Å². The van der Waals surface area contributed by atoms with E-state index < -0.39 is 20.4 Å². The summed E-state index contributed by atoms with van der Waals surface area (Å²) in [5.41, 5.74) is 3.26. The van der Waals surface area contributed by atoms with Crippen molar-refractivity contribution in [2.75, 3.05) is 5.75 Å². The van der Waals surface area contributed by atoms with E-state index in [1.807, 2.05) is 60.7 Å². The first-order valence-corrected chi connectivity index (χ1v) is 15.4. The highest BCUT2D eigenvalue weighted by Crippen LogP contribution is 2.71. The first-order valence-electron chi connectivity index (χ1n) is 12.3. The smallest absolute Gasteiger partial charge is 0.207 e.